The van der Waals surface area contributed by atoms with Gasteiger partial charge in [0.05, 0.1) is 11.0 Å². The molecular weight excluding hydrogens is 216 g/mol. The molecule has 0 fully saturated rings. The van der Waals surface area contributed by atoms with E-state index in [1.807, 2.05) is 12.1 Å². The van der Waals surface area contributed by atoms with Gasteiger partial charge in [0.1, 0.15) is 0 Å². The van der Waals surface area contributed by atoms with E-state index in [9.17, 15) is 4.79 Å². The van der Waals surface area contributed by atoms with Gasteiger partial charge in [0.2, 0.25) is 12.4 Å². The summed E-state index contributed by atoms with van der Waals surface area (Å²) in [4.78, 5) is 17.7. The van der Waals surface area contributed by atoms with Crippen LogP contribution in [0.25, 0.3) is 11.0 Å². The zero-order valence-electron chi connectivity index (χ0n) is 9.79. The third kappa shape index (κ3) is 2.96. The molecule has 0 spiro atoms. The van der Waals surface area contributed by atoms with Crippen molar-refractivity contribution in [3.63, 3.8) is 0 Å². The maximum Gasteiger partial charge on any atom is 0.207 e. The number of nitrogens with one attached hydrogen (secondary N) is 3. The van der Waals surface area contributed by atoms with Crippen LogP contribution >= 0.6 is 0 Å². The Morgan fingerprint density at radius 1 is 1.41 bits per heavy atom. The Morgan fingerprint density at radius 3 is 3.12 bits per heavy atom. The van der Waals surface area contributed by atoms with E-state index in [0.717, 1.165) is 29.9 Å². The molecule has 1 aromatic carbocycles. The van der Waals surface area contributed by atoms with Crippen LogP contribution in [0.15, 0.2) is 18.2 Å². The molecule has 0 aliphatic heterocycles. The molecule has 0 atom stereocenters. The number of amides is 1. The summed E-state index contributed by atoms with van der Waals surface area (Å²) in [6, 6.07) is 6.11. The van der Waals surface area contributed by atoms with Crippen molar-refractivity contribution in [2.45, 2.75) is 13.3 Å². The number of rotatable bonds is 6. The number of anilines is 1. The highest BCUT2D eigenvalue weighted by Crippen LogP contribution is 2.15. The fraction of sp³-hybridized carbons (Fsp3) is 0.333. The van der Waals surface area contributed by atoms with Crippen LogP contribution in [0.3, 0.4) is 0 Å². The summed E-state index contributed by atoms with van der Waals surface area (Å²) < 4.78 is 0. The van der Waals surface area contributed by atoms with Gasteiger partial charge in [-0.3, -0.25) is 4.79 Å². The van der Waals surface area contributed by atoms with Gasteiger partial charge < -0.3 is 15.6 Å². The fourth-order valence-corrected chi connectivity index (χ4v) is 1.66. The second-order valence-corrected chi connectivity index (χ2v) is 3.96. The molecule has 1 heterocycles. The number of aromatic amines is 1. The van der Waals surface area contributed by atoms with Crippen LogP contribution in [0.1, 0.15) is 12.0 Å². The Labute approximate surface area is 99.6 Å². The van der Waals surface area contributed by atoms with E-state index in [2.05, 4.69) is 33.6 Å². The van der Waals surface area contributed by atoms with Crippen molar-refractivity contribution >= 4 is 23.4 Å². The second kappa shape index (κ2) is 5.34. The Kier molecular flexibility index (Phi) is 3.59. The van der Waals surface area contributed by atoms with E-state index in [1.165, 1.54) is 5.56 Å². The van der Waals surface area contributed by atoms with E-state index in [-0.39, 0.29) is 0 Å². The summed E-state index contributed by atoms with van der Waals surface area (Å²) in [5.74, 6) is 0.775. The van der Waals surface area contributed by atoms with Crippen molar-refractivity contribution in [3.05, 3.63) is 23.8 Å². The van der Waals surface area contributed by atoms with Crippen molar-refractivity contribution in [2.24, 2.45) is 0 Å². The Bertz CT molecular complexity index is 506. The highest BCUT2D eigenvalue weighted by Gasteiger charge is 2.01. The standard InChI is InChI=1S/C12H16N4O/c1-9-3-4-10-11(7-9)16-12(15-10)14-6-2-5-13-8-17/h3-4,7-8H,2,5-6H2,1H3,(H,13,17)(H2,14,15,16). The molecule has 5 heteroatoms. The molecule has 0 saturated heterocycles. The summed E-state index contributed by atoms with van der Waals surface area (Å²) in [5.41, 5.74) is 3.21. The predicted octanol–water partition coefficient (Wildman–Crippen LogP) is 1.42. The SMILES string of the molecule is Cc1ccc2nc(NCCCNC=O)[nH]c2c1. The fourth-order valence-electron chi connectivity index (χ4n) is 1.66. The first-order valence-corrected chi connectivity index (χ1v) is 5.67. The highest BCUT2D eigenvalue weighted by atomic mass is 16.1. The Morgan fingerprint density at radius 2 is 2.29 bits per heavy atom. The highest BCUT2D eigenvalue weighted by molar-refractivity contribution is 5.78. The first-order valence-electron chi connectivity index (χ1n) is 5.67. The topological polar surface area (TPSA) is 69.8 Å². The third-order valence-corrected chi connectivity index (χ3v) is 2.51. The molecule has 90 valence electrons. The number of aromatic nitrogens is 2. The molecule has 0 saturated carbocycles. The number of carbonyl (C=O) groups is 1. The Hall–Kier alpha value is -2.04. The van der Waals surface area contributed by atoms with Crippen molar-refractivity contribution in [1.82, 2.24) is 15.3 Å². The smallest absolute Gasteiger partial charge is 0.207 e. The second-order valence-electron chi connectivity index (χ2n) is 3.96. The first kappa shape index (κ1) is 11.4. The quantitative estimate of drug-likeness (QED) is 0.521. The molecular formula is C12H16N4O. The lowest BCUT2D eigenvalue weighted by atomic mass is 10.2. The average Bonchev–Trinajstić information content (AvgIpc) is 2.70. The molecule has 3 N–H and O–H groups in total. The number of aryl methyl sites for hydroxylation is 1. The maximum absolute atomic E-state index is 10.0. The van der Waals surface area contributed by atoms with Crippen LogP contribution < -0.4 is 10.6 Å². The lowest BCUT2D eigenvalue weighted by Gasteiger charge is -2.01. The van der Waals surface area contributed by atoms with E-state index in [1.54, 1.807) is 0 Å². The first-order chi connectivity index (χ1) is 8.29. The zero-order valence-corrected chi connectivity index (χ0v) is 9.79. The van der Waals surface area contributed by atoms with Gasteiger partial charge in [0, 0.05) is 13.1 Å². The van der Waals surface area contributed by atoms with E-state index >= 15 is 0 Å². The van der Waals surface area contributed by atoms with Crippen LogP contribution in [0.4, 0.5) is 5.95 Å². The number of H-pyrrole nitrogens is 1. The largest absolute Gasteiger partial charge is 0.359 e. The molecule has 0 radical (unpaired) electrons. The summed E-state index contributed by atoms with van der Waals surface area (Å²) in [6.45, 7) is 3.51. The predicted molar refractivity (Wildman–Crippen MR) is 68.0 cm³/mol. The number of benzene rings is 1. The van der Waals surface area contributed by atoms with E-state index in [0.29, 0.717) is 13.0 Å². The normalized spacial score (nSPS) is 10.4. The van der Waals surface area contributed by atoms with Gasteiger partial charge in [0.25, 0.3) is 0 Å². The van der Waals surface area contributed by atoms with Gasteiger partial charge in [-0.05, 0) is 31.0 Å². The minimum absolute atomic E-state index is 0.676. The molecule has 1 amide bonds. The number of hydrogen-bond donors (Lipinski definition) is 3. The van der Waals surface area contributed by atoms with Crippen molar-refractivity contribution in [1.29, 1.82) is 0 Å². The molecule has 2 aromatic rings. The molecule has 17 heavy (non-hydrogen) atoms. The molecule has 0 unspecified atom stereocenters. The third-order valence-electron chi connectivity index (χ3n) is 2.51. The maximum atomic E-state index is 10.0. The van der Waals surface area contributed by atoms with Gasteiger partial charge in [-0.15, -0.1) is 0 Å². The van der Waals surface area contributed by atoms with Crippen molar-refractivity contribution in [3.8, 4) is 0 Å². The van der Waals surface area contributed by atoms with Crippen LogP contribution in [0, 0.1) is 6.92 Å². The van der Waals surface area contributed by atoms with Gasteiger partial charge in [0.15, 0.2) is 0 Å². The molecule has 1 aromatic heterocycles. The number of nitrogens with zero attached hydrogens (tertiary/aromatic N) is 1. The number of carbonyl (C=O) groups excluding carboxylic acids is 1. The van der Waals surface area contributed by atoms with Crippen LogP contribution in [-0.2, 0) is 4.79 Å². The summed E-state index contributed by atoms with van der Waals surface area (Å²) >= 11 is 0. The summed E-state index contributed by atoms with van der Waals surface area (Å²) in [6.07, 6.45) is 1.58. The van der Waals surface area contributed by atoms with Gasteiger partial charge >= 0.3 is 0 Å². The number of hydrogen-bond acceptors (Lipinski definition) is 3. The van der Waals surface area contributed by atoms with Crippen LogP contribution in [0.5, 0.6) is 0 Å². The average molecular weight is 232 g/mol. The van der Waals surface area contributed by atoms with E-state index in [4.69, 9.17) is 0 Å². The Balaban J connectivity index is 1.93. The summed E-state index contributed by atoms with van der Waals surface area (Å²) in [7, 11) is 0. The minimum atomic E-state index is 0.676. The summed E-state index contributed by atoms with van der Waals surface area (Å²) in [5, 5.41) is 5.81. The molecule has 0 aliphatic carbocycles. The van der Waals surface area contributed by atoms with Crippen LogP contribution in [0.2, 0.25) is 0 Å². The molecule has 2 rings (SSSR count). The molecule has 0 bridgehead atoms. The molecule has 5 nitrogen and oxygen atoms in total. The van der Waals surface area contributed by atoms with Gasteiger partial charge in [-0.25, -0.2) is 4.98 Å². The number of fused-ring (bicyclic) bond motifs is 1. The van der Waals surface area contributed by atoms with E-state index < -0.39 is 0 Å². The van der Waals surface area contributed by atoms with Crippen LogP contribution in [-0.4, -0.2) is 29.5 Å². The monoisotopic (exact) mass is 232 g/mol. The minimum Gasteiger partial charge on any atom is -0.359 e. The lowest BCUT2D eigenvalue weighted by molar-refractivity contribution is -0.109. The van der Waals surface area contributed by atoms with Crippen molar-refractivity contribution < 1.29 is 4.79 Å². The lowest BCUT2D eigenvalue weighted by Crippen LogP contribution is -2.16. The number of imidazole rings is 1. The van der Waals surface area contributed by atoms with Crippen molar-refractivity contribution in [2.75, 3.05) is 18.4 Å². The van der Waals surface area contributed by atoms with Gasteiger partial charge in [-0.2, -0.15) is 0 Å². The molecule has 0 aliphatic rings. The zero-order chi connectivity index (χ0) is 12.1. The van der Waals surface area contributed by atoms with Gasteiger partial charge in [-0.1, -0.05) is 6.07 Å².